The summed E-state index contributed by atoms with van der Waals surface area (Å²) in [6.07, 6.45) is 3.90. The minimum atomic E-state index is -1.94. The van der Waals surface area contributed by atoms with Crippen LogP contribution in [0.2, 0.25) is 0 Å². The van der Waals surface area contributed by atoms with Crippen LogP contribution in [0.4, 0.5) is 0 Å². The van der Waals surface area contributed by atoms with E-state index in [0.29, 0.717) is 12.8 Å². The average Bonchev–Trinajstić information content (AvgIpc) is 2.24. The molecular formula is C11H23MoO4P. The van der Waals surface area contributed by atoms with Gasteiger partial charge in [-0.2, -0.15) is 0 Å². The Bertz CT molecular complexity index is 224. The summed E-state index contributed by atoms with van der Waals surface area (Å²) in [5.41, 5.74) is 0. The Morgan fingerprint density at radius 2 is 1.94 bits per heavy atom. The molecule has 17 heavy (non-hydrogen) atoms. The van der Waals surface area contributed by atoms with Gasteiger partial charge in [-0.25, -0.2) is 0 Å². The van der Waals surface area contributed by atoms with Crippen LogP contribution in [0.3, 0.4) is 0 Å². The van der Waals surface area contributed by atoms with Gasteiger partial charge in [0.1, 0.15) is 6.10 Å². The largest absolute Gasteiger partial charge is 0.460 e. The second kappa shape index (κ2) is 12.8. The summed E-state index contributed by atoms with van der Waals surface area (Å²) >= 11 is 0. The molecule has 0 fully saturated rings. The van der Waals surface area contributed by atoms with E-state index in [1.807, 2.05) is 6.92 Å². The minimum absolute atomic E-state index is 0. The monoisotopic (exact) mass is 348 g/mol. The second-order valence-corrected chi connectivity index (χ2v) is 5.05. The van der Waals surface area contributed by atoms with Gasteiger partial charge in [0.25, 0.3) is 0 Å². The second-order valence-electron chi connectivity index (χ2n) is 3.78. The van der Waals surface area contributed by atoms with Gasteiger partial charge < -0.3 is 9.26 Å². The zero-order valence-corrected chi connectivity index (χ0v) is 13.9. The van der Waals surface area contributed by atoms with Crippen molar-refractivity contribution in [1.82, 2.24) is 0 Å². The fourth-order valence-electron chi connectivity index (χ4n) is 1.21. The first-order valence-corrected chi connectivity index (χ1v) is 7.74. The third-order valence-electron chi connectivity index (χ3n) is 2.21. The molecule has 4 nitrogen and oxygen atoms in total. The first-order chi connectivity index (χ1) is 7.60. The molecule has 0 saturated carbocycles. The molecule has 0 aromatic rings. The molecular weight excluding hydrogens is 323 g/mol. The van der Waals surface area contributed by atoms with E-state index in [4.69, 9.17) is 9.26 Å². The first kappa shape index (κ1) is 19.7. The standard InChI is InChI=1S/C11H23O4P.Mo/c1-4-6-7-8-11(12)15-10(5-2)9-14-16(3)13;/h10,16H,4-9H2,1-3H3;. The van der Waals surface area contributed by atoms with Crippen molar-refractivity contribution in [3.8, 4) is 0 Å². The Balaban J connectivity index is 0. The van der Waals surface area contributed by atoms with E-state index < -0.39 is 8.03 Å². The molecule has 0 aromatic carbocycles. The average molecular weight is 346 g/mol. The summed E-state index contributed by atoms with van der Waals surface area (Å²) in [5, 5.41) is 0. The Hall–Kier alpha value is 0.348. The molecule has 2 unspecified atom stereocenters. The van der Waals surface area contributed by atoms with Gasteiger partial charge in [0, 0.05) is 34.2 Å². The fraction of sp³-hybridized carbons (Fsp3) is 0.909. The molecule has 0 aliphatic carbocycles. The number of carbonyl (C=O) groups excluding carboxylic acids is 1. The van der Waals surface area contributed by atoms with E-state index in [2.05, 4.69) is 6.92 Å². The van der Waals surface area contributed by atoms with Crippen LogP contribution in [0, 0.1) is 0 Å². The van der Waals surface area contributed by atoms with E-state index in [-0.39, 0.29) is 39.7 Å². The van der Waals surface area contributed by atoms with Crippen LogP contribution < -0.4 is 0 Å². The van der Waals surface area contributed by atoms with Gasteiger partial charge in [-0.3, -0.25) is 9.36 Å². The van der Waals surface area contributed by atoms with Crippen molar-refractivity contribution in [1.29, 1.82) is 0 Å². The number of hydrogen-bond acceptors (Lipinski definition) is 4. The molecule has 0 bridgehead atoms. The summed E-state index contributed by atoms with van der Waals surface area (Å²) in [5.74, 6) is -0.181. The van der Waals surface area contributed by atoms with Gasteiger partial charge in [0.05, 0.1) is 6.61 Å². The fourth-order valence-corrected chi connectivity index (χ4v) is 1.63. The Morgan fingerprint density at radius 3 is 2.41 bits per heavy atom. The van der Waals surface area contributed by atoms with Gasteiger partial charge in [-0.05, 0) is 12.8 Å². The van der Waals surface area contributed by atoms with Crippen LogP contribution in [0.25, 0.3) is 0 Å². The van der Waals surface area contributed by atoms with Crippen molar-refractivity contribution < 1.29 is 39.7 Å². The third kappa shape index (κ3) is 12.6. The number of hydrogen-bond donors (Lipinski definition) is 0. The topological polar surface area (TPSA) is 52.6 Å². The normalized spacial score (nSPS) is 13.6. The number of carbonyl (C=O) groups is 1. The van der Waals surface area contributed by atoms with E-state index in [1.165, 1.54) is 6.66 Å². The number of esters is 1. The predicted octanol–water partition coefficient (Wildman–Crippen LogP) is 3.01. The van der Waals surface area contributed by atoms with Crippen LogP contribution in [0.15, 0.2) is 0 Å². The van der Waals surface area contributed by atoms with Crippen molar-refractivity contribution in [3.05, 3.63) is 0 Å². The quantitative estimate of drug-likeness (QED) is 0.279. The summed E-state index contributed by atoms with van der Waals surface area (Å²) in [6.45, 7) is 5.78. The molecule has 6 heteroatoms. The summed E-state index contributed by atoms with van der Waals surface area (Å²) in [6, 6.07) is 0. The molecule has 0 aromatic heterocycles. The predicted molar refractivity (Wildman–Crippen MR) is 65.2 cm³/mol. The van der Waals surface area contributed by atoms with Crippen molar-refractivity contribution in [2.45, 2.75) is 52.1 Å². The molecule has 102 valence electrons. The van der Waals surface area contributed by atoms with Gasteiger partial charge in [-0.15, -0.1) is 0 Å². The van der Waals surface area contributed by atoms with Crippen LogP contribution in [0.1, 0.15) is 46.0 Å². The molecule has 0 spiro atoms. The van der Waals surface area contributed by atoms with Crippen LogP contribution in [-0.2, 0) is 39.7 Å². The minimum Gasteiger partial charge on any atom is -0.460 e. The van der Waals surface area contributed by atoms with Crippen molar-refractivity contribution in [3.63, 3.8) is 0 Å². The van der Waals surface area contributed by atoms with Gasteiger partial charge in [0.15, 0.2) is 8.03 Å². The molecule has 2 atom stereocenters. The Labute approximate surface area is 119 Å². The summed E-state index contributed by atoms with van der Waals surface area (Å²) in [4.78, 5) is 11.4. The van der Waals surface area contributed by atoms with E-state index in [9.17, 15) is 9.36 Å². The van der Waals surface area contributed by atoms with Crippen molar-refractivity contribution in [2.75, 3.05) is 13.3 Å². The smallest absolute Gasteiger partial charge is 0.306 e. The first-order valence-electron chi connectivity index (χ1n) is 5.93. The summed E-state index contributed by atoms with van der Waals surface area (Å²) < 4.78 is 21.0. The maximum Gasteiger partial charge on any atom is 0.306 e. The maximum atomic E-state index is 11.4. The van der Waals surface area contributed by atoms with E-state index in [0.717, 1.165) is 19.3 Å². The van der Waals surface area contributed by atoms with Crippen LogP contribution in [-0.4, -0.2) is 25.3 Å². The van der Waals surface area contributed by atoms with Crippen molar-refractivity contribution in [2.24, 2.45) is 0 Å². The molecule has 0 radical (unpaired) electrons. The van der Waals surface area contributed by atoms with Crippen LogP contribution >= 0.6 is 8.03 Å². The molecule has 0 saturated heterocycles. The van der Waals surface area contributed by atoms with Gasteiger partial charge >= 0.3 is 5.97 Å². The zero-order valence-electron chi connectivity index (χ0n) is 10.9. The summed E-state index contributed by atoms with van der Waals surface area (Å²) in [7, 11) is -1.94. The number of unbranched alkanes of at least 4 members (excludes halogenated alkanes) is 2. The Kier molecular flexibility index (Phi) is 14.8. The van der Waals surface area contributed by atoms with E-state index in [1.54, 1.807) is 0 Å². The SMILES string of the molecule is CCCCCC(=O)OC(CC)CO[PH](C)=O.[Mo]. The zero-order chi connectivity index (χ0) is 12.4. The van der Waals surface area contributed by atoms with Crippen LogP contribution in [0.5, 0.6) is 0 Å². The van der Waals surface area contributed by atoms with Crippen molar-refractivity contribution >= 4 is 14.0 Å². The maximum absolute atomic E-state index is 11.4. The molecule has 0 heterocycles. The number of rotatable bonds is 9. The molecule has 0 aliphatic rings. The molecule has 0 amide bonds. The molecule has 0 rings (SSSR count). The number of ether oxygens (including phenoxy) is 1. The molecule has 0 N–H and O–H groups in total. The third-order valence-corrected chi connectivity index (χ3v) is 2.78. The molecule has 0 aliphatic heterocycles. The Morgan fingerprint density at radius 1 is 1.29 bits per heavy atom. The van der Waals surface area contributed by atoms with E-state index >= 15 is 0 Å². The van der Waals surface area contributed by atoms with Gasteiger partial charge in [0.2, 0.25) is 0 Å². The van der Waals surface area contributed by atoms with Gasteiger partial charge in [-0.1, -0.05) is 26.7 Å².